The molecule has 0 heterocycles. The number of ether oxygens (including phenoxy) is 2. The molecule has 1 rings (SSSR count). The van der Waals surface area contributed by atoms with E-state index < -0.39 is 0 Å². The van der Waals surface area contributed by atoms with E-state index in [0.29, 0.717) is 0 Å². The van der Waals surface area contributed by atoms with E-state index in [1.165, 1.54) is 69.8 Å². The van der Waals surface area contributed by atoms with Gasteiger partial charge >= 0.3 is 0 Å². The van der Waals surface area contributed by atoms with Crippen molar-refractivity contribution in [2.75, 3.05) is 13.2 Å². The van der Waals surface area contributed by atoms with Crippen molar-refractivity contribution < 1.29 is 9.47 Å². The molecule has 0 bridgehead atoms. The lowest BCUT2D eigenvalue weighted by atomic mass is 10.1. The molecule has 0 atom stereocenters. The van der Waals surface area contributed by atoms with Crippen LogP contribution in [0.2, 0.25) is 0 Å². The van der Waals surface area contributed by atoms with Crippen molar-refractivity contribution in [2.45, 2.75) is 104 Å². The highest BCUT2D eigenvalue weighted by atomic mass is 16.5. The summed E-state index contributed by atoms with van der Waals surface area (Å²) in [4.78, 5) is 0. The quantitative estimate of drug-likeness (QED) is 0.242. The first-order valence-corrected chi connectivity index (χ1v) is 11.5. The van der Waals surface area contributed by atoms with E-state index in [4.69, 9.17) is 9.47 Å². The van der Waals surface area contributed by atoms with Gasteiger partial charge in [0.05, 0.1) is 13.2 Å². The van der Waals surface area contributed by atoms with Crippen LogP contribution in [0.1, 0.15) is 103 Å². The summed E-state index contributed by atoms with van der Waals surface area (Å²) in [6.45, 7) is 10.2. The minimum atomic E-state index is 0.803. The molecule has 0 amide bonds. The van der Waals surface area contributed by atoms with Gasteiger partial charge in [-0.3, -0.25) is 0 Å². The molecule has 1 radical (unpaired) electrons. The number of rotatable bonds is 18. The van der Waals surface area contributed by atoms with Gasteiger partial charge in [0.15, 0.2) is 0 Å². The third-order valence-electron chi connectivity index (χ3n) is 5.03. The Kier molecular flexibility index (Phi) is 15.0. The van der Waals surface area contributed by atoms with Crippen molar-refractivity contribution in [1.82, 2.24) is 0 Å². The van der Waals surface area contributed by atoms with Crippen LogP contribution in [-0.4, -0.2) is 13.2 Å². The summed E-state index contributed by atoms with van der Waals surface area (Å²) >= 11 is 0. The van der Waals surface area contributed by atoms with Crippen molar-refractivity contribution in [3.63, 3.8) is 0 Å². The van der Waals surface area contributed by atoms with E-state index in [0.717, 1.165) is 50.4 Å². The van der Waals surface area contributed by atoms with Crippen LogP contribution in [0.3, 0.4) is 0 Å². The van der Waals surface area contributed by atoms with Gasteiger partial charge in [0.2, 0.25) is 0 Å². The lowest BCUT2D eigenvalue weighted by Gasteiger charge is -2.16. The Bertz CT molecular complexity index is 419. The van der Waals surface area contributed by atoms with E-state index in [1.807, 2.05) is 0 Å². The SMILES string of the molecule is [CH2]CCc1c(OCCCCCCCC)cccc1OCCCCCCCC. The molecule has 0 aliphatic heterocycles. The third kappa shape index (κ3) is 11.3. The average molecular weight is 376 g/mol. The van der Waals surface area contributed by atoms with Crippen LogP contribution in [0, 0.1) is 6.92 Å². The number of unbranched alkanes of at least 4 members (excludes halogenated alkanes) is 10. The summed E-state index contributed by atoms with van der Waals surface area (Å²) < 4.78 is 12.2. The van der Waals surface area contributed by atoms with E-state index in [-0.39, 0.29) is 0 Å². The molecule has 0 saturated heterocycles. The molecule has 2 nitrogen and oxygen atoms in total. The fraction of sp³-hybridized carbons (Fsp3) is 0.720. The maximum atomic E-state index is 6.10. The average Bonchev–Trinajstić information content (AvgIpc) is 2.68. The van der Waals surface area contributed by atoms with Crippen LogP contribution in [0.15, 0.2) is 18.2 Å². The van der Waals surface area contributed by atoms with Gasteiger partial charge in [-0.25, -0.2) is 0 Å². The predicted octanol–water partition coefficient (Wildman–Crippen LogP) is 7.93. The first-order chi connectivity index (χ1) is 13.3. The van der Waals surface area contributed by atoms with Crippen molar-refractivity contribution in [3.8, 4) is 11.5 Å². The standard InChI is InChI=1S/C25H43O2/c1-4-7-9-11-13-15-21-26-24-19-17-20-25(23(24)18-6-3)27-22-16-14-12-10-8-5-2/h17,19-20H,3-16,18,21-22H2,1-2H3. The topological polar surface area (TPSA) is 18.5 Å². The Hall–Kier alpha value is -1.18. The monoisotopic (exact) mass is 375 g/mol. The van der Waals surface area contributed by atoms with E-state index >= 15 is 0 Å². The fourth-order valence-corrected chi connectivity index (χ4v) is 3.37. The first-order valence-electron chi connectivity index (χ1n) is 11.5. The molecule has 0 aliphatic rings. The zero-order valence-electron chi connectivity index (χ0n) is 18.1. The maximum Gasteiger partial charge on any atom is 0.126 e. The Morgan fingerprint density at radius 1 is 0.667 bits per heavy atom. The van der Waals surface area contributed by atoms with Gasteiger partial charge in [0, 0.05) is 5.56 Å². The largest absolute Gasteiger partial charge is 0.493 e. The molecule has 2 heteroatoms. The lowest BCUT2D eigenvalue weighted by molar-refractivity contribution is 0.284. The minimum Gasteiger partial charge on any atom is -0.493 e. The van der Waals surface area contributed by atoms with Gasteiger partial charge in [-0.1, -0.05) is 91.0 Å². The van der Waals surface area contributed by atoms with Crippen molar-refractivity contribution in [2.24, 2.45) is 0 Å². The van der Waals surface area contributed by atoms with Crippen LogP contribution < -0.4 is 9.47 Å². The molecular weight excluding hydrogens is 332 g/mol. The second-order valence-electron chi connectivity index (χ2n) is 7.57. The zero-order valence-corrected chi connectivity index (χ0v) is 18.1. The smallest absolute Gasteiger partial charge is 0.126 e. The summed E-state index contributed by atoms with van der Waals surface area (Å²) in [5.41, 5.74) is 1.20. The highest BCUT2D eigenvalue weighted by Gasteiger charge is 2.10. The lowest BCUT2D eigenvalue weighted by Crippen LogP contribution is -2.04. The number of hydrogen-bond donors (Lipinski definition) is 0. The van der Waals surface area contributed by atoms with Gasteiger partial charge < -0.3 is 9.47 Å². The molecule has 155 valence electrons. The van der Waals surface area contributed by atoms with Gasteiger partial charge in [-0.05, 0) is 37.8 Å². The molecule has 0 saturated carbocycles. The molecule has 0 fully saturated rings. The van der Waals surface area contributed by atoms with Gasteiger partial charge in [-0.15, -0.1) is 0 Å². The van der Waals surface area contributed by atoms with Crippen LogP contribution >= 0.6 is 0 Å². The first kappa shape index (κ1) is 23.9. The minimum absolute atomic E-state index is 0.803. The van der Waals surface area contributed by atoms with Crippen molar-refractivity contribution in [3.05, 3.63) is 30.7 Å². The van der Waals surface area contributed by atoms with Crippen LogP contribution in [-0.2, 0) is 6.42 Å². The molecule has 1 aromatic rings. The summed E-state index contributed by atoms with van der Waals surface area (Å²) in [6.07, 6.45) is 17.2. The summed E-state index contributed by atoms with van der Waals surface area (Å²) in [5.74, 6) is 1.99. The van der Waals surface area contributed by atoms with Crippen molar-refractivity contribution >= 4 is 0 Å². The molecule has 1 aromatic carbocycles. The molecule has 0 spiro atoms. The number of hydrogen-bond acceptors (Lipinski definition) is 2. The second kappa shape index (κ2) is 17.0. The van der Waals surface area contributed by atoms with Crippen LogP contribution in [0.4, 0.5) is 0 Å². The summed E-state index contributed by atoms with van der Waals surface area (Å²) in [5, 5.41) is 0. The molecule has 0 unspecified atom stereocenters. The molecular formula is C25H43O2. The van der Waals surface area contributed by atoms with Gasteiger partial charge in [-0.2, -0.15) is 0 Å². The summed E-state index contributed by atoms with van der Waals surface area (Å²) in [7, 11) is 0. The van der Waals surface area contributed by atoms with Crippen LogP contribution in [0.25, 0.3) is 0 Å². The van der Waals surface area contributed by atoms with E-state index in [2.05, 4.69) is 39.0 Å². The molecule has 0 N–H and O–H groups in total. The molecule has 27 heavy (non-hydrogen) atoms. The van der Waals surface area contributed by atoms with Crippen LogP contribution in [0.5, 0.6) is 11.5 Å². The highest BCUT2D eigenvalue weighted by molar-refractivity contribution is 5.45. The highest BCUT2D eigenvalue weighted by Crippen LogP contribution is 2.30. The van der Waals surface area contributed by atoms with Gasteiger partial charge in [0.1, 0.15) is 11.5 Å². The zero-order chi connectivity index (χ0) is 19.6. The summed E-state index contributed by atoms with van der Waals surface area (Å²) in [6, 6.07) is 6.22. The molecule has 0 aromatic heterocycles. The Labute approximate surface area is 169 Å². The van der Waals surface area contributed by atoms with Crippen molar-refractivity contribution in [1.29, 1.82) is 0 Å². The van der Waals surface area contributed by atoms with E-state index in [1.54, 1.807) is 0 Å². The maximum absolute atomic E-state index is 6.10. The number of benzene rings is 1. The molecule has 0 aliphatic carbocycles. The Morgan fingerprint density at radius 3 is 1.56 bits per heavy atom. The predicted molar refractivity (Wildman–Crippen MR) is 118 cm³/mol. The fourth-order valence-electron chi connectivity index (χ4n) is 3.37. The second-order valence-corrected chi connectivity index (χ2v) is 7.57. The third-order valence-corrected chi connectivity index (χ3v) is 5.03. The Morgan fingerprint density at radius 2 is 1.11 bits per heavy atom. The Balaban J connectivity index is 2.38. The van der Waals surface area contributed by atoms with Gasteiger partial charge in [0.25, 0.3) is 0 Å². The van der Waals surface area contributed by atoms with E-state index in [9.17, 15) is 0 Å². The normalized spacial score (nSPS) is 10.9.